The smallest absolute Gasteiger partial charge is 0.270 e. The Morgan fingerprint density at radius 1 is 1.50 bits per heavy atom. The van der Waals surface area contributed by atoms with E-state index in [-0.39, 0.29) is 17.9 Å². The van der Waals surface area contributed by atoms with Crippen LogP contribution in [0.25, 0.3) is 0 Å². The Hall–Kier alpha value is -2.71. The van der Waals surface area contributed by atoms with Crippen LogP contribution in [0.2, 0.25) is 0 Å². The summed E-state index contributed by atoms with van der Waals surface area (Å²) < 4.78 is 25.8. The molecule has 2 rings (SSSR count). The highest BCUT2D eigenvalue weighted by Crippen LogP contribution is 2.31. The van der Waals surface area contributed by atoms with Gasteiger partial charge in [-0.3, -0.25) is 15.2 Å². The van der Waals surface area contributed by atoms with Crippen molar-refractivity contribution in [1.82, 2.24) is 10.2 Å². The van der Waals surface area contributed by atoms with Gasteiger partial charge in [0.05, 0.1) is 11.1 Å². The van der Waals surface area contributed by atoms with E-state index in [1.165, 1.54) is 12.3 Å². The molecular formula is C11H11F2N5O2. The van der Waals surface area contributed by atoms with Crippen molar-refractivity contribution in [2.75, 3.05) is 11.1 Å². The minimum atomic E-state index is -2.82. The molecule has 0 bridgehead atoms. The van der Waals surface area contributed by atoms with E-state index < -0.39 is 16.9 Å². The van der Waals surface area contributed by atoms with Crippen LogP contribution in [0.3, 0.4) is 0 Å². The molecule has 1 heterocycles. The topological polar surface area (TPSA) is 110 Å². The lowest BCUT2D eigenvalue weighted by Crippen LogP contribution is -2.04. The highest BCUT2D eigenvalue weighted by atomic mass is 19.3. The molecule has 0 fully saturated rings. The average Bonchev–Trinajstić information content (AvgIpc) is 2.81. The van der Waals surface area contributed by atoms with Gasteiger partial charge in [-0.25, -0.2) is 8.78 Å². The van der Waals surface area contributed by atoms with Crippen LogP contribution >= 0.6 is 0 Å². The third kappa shape index (κ3) is 2.82. The maximum Gasteiger partial charge on any atom is 0.270 e. The van der Waals surface area contributed by atoms with Crippen molar-refractivity contribution in [2.45, 2.75) is 13.0 Å². The second-order valence-corrected chi connectivity index (χ2v) is 3.99. The first-order chi connectivity index (χ1) is 9.49. The summed E-state index contributed by atoms with van der Waals surface area (Å²) in [5, 5.41) is 19.6. The molecule has 9 heteroatoms. The number of anilines is 2. The average molecular weight is 283 g/mol. The summed E-state index contributed by atoms with van der Waals surface area (Å²) in [6, 6.07) is 3.26. The van der Waals surface area contributed by atoms with Crippen LogP contribution in [0, 0.1) is 10.1 Å². The van der Waals surface area contributed by atoms with Gasteiger partial charge in [0.15, 0.2) is 0 Å². The Morgan fingerprint density at radius 3 is 2.80 bits per heavy atom. The summed E-state index contributed by atoms with van der Waals surface area (Å²) in [4.78, 5) is 9.87. The van der Waals surface area contributed by atoms with Gasteiger partial charge in [-0.05, 0) is 6.07 Å². The molecule has 1 aromatic carbocycles. The van der Waals surface area contributed by atoms with E-state index in [0.717, 1.165) is 12.1 Å². The number of rotatable bonds is 5. The molecule has 20 heavy (non-hydrogen) atoms. The number of nitrogen functional groups attached to an aromatic ring is 1. The quantitative estimate of drug-likeness (QED) is 0.576. The molecular weight excluding hydrogens is 272 g/mol. The molecule has 7 nitrogen and oxygen atoms in total. The Labute approximate surface area is 111 Å². The van der Waals surface area contributed by atoms with Crippen molar-refractivity contribution in [2.24, 2.45) is 0 Å². The molecule has 0 saturated carbocycles. The lowest BCUT2D eigenvalue weighted by molar-refractivity contribution is -0.385. The molecule has 4 N–H and O–H groups in total. The van der Waals surface area contributed by atoms with Crippen molar-refractivity contribution in [3.05, 3.63) is 45.6 Å². The number of nitrogens with zero attached hydrogens (tertiary/aromatic N) is 2. The number of aromatic amines is 1. The van der Waals surface area contributed by atoms with E-state index in [4.69, 9.17) is 5.73 Å². The van der Waals surface area contributed by atoms with Gasteiger partial charge in [0.25, 0.3) is 12.1 Å². The third-order valence-electron chi connectivity index (χ3n) is 2.70. The monoisotopic (exact) mass is 283 g/mol. The second kappa shape index (κ2) is 5.51. The zero-order chi connectivity index (χ0) is 14.7. The lowest BCUT2D eigenvalue weighted by atomic mass is 10.1. The molecule has 0 aliphatic rings. The molecule has 1 aromatic heterocycles. The fraction of sp³-hybridized carbons (Fsp3) is 0.182. The Kier molecular flexibility index (Phi) is 3.78. The molecule has 0 unspecified atom stereocenters. The van der Waals surface area contributed by atoms with Crippen molar-refractivity contribution >= 4 is 17.2 Å². The molecule has 0 spiro atoms. The van der Waals surface area contributed by atoms with E-state index in [9.17, 15) is 18.9 Å². The Bertz CT molecular complexity index is 629. The molecule has 0 amide bonds. The van der Waals surface area contributed by atoms with Crippen LogP contribution in [-0.2, 0) is 6.54 Å². The minimum Gasteiger partial charge on any atom is -0.384 e. The summed E-state index contributed by atoms with van der Waals surface area (Å²) >= 11 is 0. The van der Waals surface area contributed by atoms with Crippen molar-refractivity contribution in [3.63, 3.8) is 0 Å². The van der Waals surface area contributed by atoms with E-state index in [2.05, 4.69) is 15.5 Å². The molecule has 0 aliphatic carbocycles. The number of nitro groups is 1. The zero-order valence-electron chi connectivity index (χ0n) is 10.1. The largest absolute Gasteiger partial charge is 0.384 e. The zero-order valence-corrected chi connectivity index (χ0v) is 10.1. The third-order valence-corrected chi connectivity index (χ3v) is 2.70. The molecule has 2 aromatic rings. The van der Waals surface area contributed by atoms with E-state index >= 15 is 0 Å². The SMILES string of the molecule is Nc1[nH]ncc1CNc1ccc([N+](=O)[O-])cc1C(F)F. The Balaban J connectivity index is 2.22. The maximum atomic E-state index is 12.9. The minimum absolute atomic E-state index is 0.117. The van der Waals surface area contributed by atoms with Crippen LogP contribution in [0.1, 0.15) is 17.6 Å². The number of halogens is 2. The Morgan fingerprint density at radius 2 is 2.25 bits per heavy atom. The van der Waals surface area contributed by atoms with E-state index in [1.807, 2.05) is 0 Å². The molecule has 0 atom stereocenters. The molecule has 0 aliphatic heterocycles. The van der Waals surface area contributed by atoms with Gasteiger partial charge in [0.2, 0.25) is 0 Å². The number of aromatic nitrogens is 2. The number of benzene rings is 1. The van der Waals surface area contributed by atoms with E-state index in [1.54, 1.807) is 0 Å². The van der Waals surface area contributed by atoms with Crippen molar-refractivity contribution in [1.29, 1.82) is 0 Å². The van der Waals surface area contributed by atoms with Crippen LogP contribution in [0.15, 0.2) is 24.4 Å². The van der Waals surface area contributed by atoms with Gasteiger partial charge in [-0.1, -0.05) is 0 Å². The van der Waals surface area contributed by atoms with Gasteiger partial charge >= 0.3 is 0 Å². The molecule has 106 valence electrons. The van der Waals surface area contributed by atoms with Crippen LogP contribution < -0.4 is 11.1 Å². The first kappa shape index (κ1) is 13.7. The van der Waals surface area contributed by atoms with Gasteiger partial charge < -0.3 is 11.1 Å². The fourth-order valence-electron chi connectivity index (χ4n) is 1.66. The van der Waals surface area contributed by atoms with Gasteiger partial charge in [0, 0.05) is 35.5 Å². The number of nitrogens with two attached hydrogens (primary N) is 1. The normalized spacial score (nSPS) is 10.8. The maximum absolute atomic E-state index is 12.9. The van der Waals surface area contributed by atoms with Gasteiger partial charge in [0.1, 0.15) is 5.82 Å². The number of nitro benzene ring substituents is 1. The number of H-pyrrole nitrogens is 1. The first-order valence-corrected chi connectivity index (χ1v) is 5.57. The fourth-order valence-corrected chi connectivity index (χ4v) is 1.66. The second-order valence-electron chi connectivity index (χ2n) is 3.99. The number of hydrogen-bond donors (Lipinski definition) is 3. The first-order valence-electron chi connectivity index (χ1n) is 5.57. The summed E-state index contributed by atoms with van der Waals surface area (Å²) in [7, 11) is 0. The standard InChI is InChI=1S/C11H11F2N5O2/c12-10(13)8-3-7(18(19)20)1-2-9(8)15-4-6-5-16-17-11(6)14/h1-3,5,10,15H,4H2,(H3,14,16,17). The highest BCUT2D eigenvalue weighted by Gasteiger charge is 2.18. The van der Waals surface area contributed by atoms with Crippen LogP contribution in [0.5, 0.6) is 0 Å². The van der Waals surface area contributed by atoms with Crippen molar-refractivity contribution in [3.8, 4) is 0 Å². The number of nitrogens with one attached hydrogen (secondary N) is 2. The summed E-state index contributed by atoms with van der Waals surface area (Å²) in [6.07, 6.45) is -1.35. The van der Waals surface area contributed by atoms with E-state index in [0.29, 0.717) is 11.4 Å². The summed E-state index contributed by atoms with van der Waals surface area (Å²) in [6.45, 7) is 0.180. The molecule has 0 radical (unpaired) electrons. The lowest BCUT2D eigenvalue weighted by Gasteiger charge is -2.11. The van der Waals surface area contributed by atoms with Crippen LogP contribution in [0.4, 0.5) is 26.0 Å². The number of non-ortho nitro benzene ring substituents is 1. The summed E-state index contributed by atoms with van der Waals surface area (Å²) in [5.74, 6) is 0.331. The summed E-state index contributed by atoms with van der Waals surface area (Å²) in [5.41, 5.74) is 5.49. The number of hydrogen-bond acceptors (Lipinski definition) is 5. The van der Waals surface area contributed by atoms with Gasteiger partial charge in [-0.2, -0.15) is 5.10 Å². The predicted molar refractivity (Wildman–Crippen MR) is 68.4 cm³/mol. The van der Waals surface area contributed by atoms with Gasteiger partial charge in [-0.15, -0.1) is 0 Å². The molecule has 0 saturated heterocycles. The number of alkyl halides is 2. The van der Waals surface area contributed by atoms with Crippen LogP contribution in [-0.4, -0.2) is 15.1 Å². The van der Waals surface area contributed by atoms with Crippen molar-refractivity contribution < 1.29 is 13.7 Å². The highest BCUT2D eigenvalue weighted by molar-refractivity contribution is 5.57. The predicted octanol–water partition coefficient (Wildman–Crippen LogP) is 2.45.